The minimum atomic E-state index is 0.482. The van der Waals surface area contributed by atoms with Gasteiger partial charge in [0.1, 0.15) is 5.84 Å². The van der Waals surface area contributed by atoms with Crippen LogP contribution in [-0.2, 0) is 4.84 Å². The van der Waals surface area contributed by atoms with Crippen molar-refractivity contribution in [3.05, 3.63) is 0 Å². The van der Waals surface area contributed by atoms with E-state index in [1.54, 1.807) is 0 Å². The second-order valence-electron chi connectivity index (χ2n) is 3.17. The van der Waals surface area contributed by atoms with Crippen LogP contribution in [0.5, 0.6) is 0 Å². The number of aliphatic imine (C=N–C) groups is 1. The fraction of sp³-hybridized carbons (Fsp3) is 0.857. The molecule has 1 atom stereocenters. The first-order valence-corrected chi connectivity index (χ1v) is 3.97. The van der Waals surface area contributed by atoms with E-state index in [1.807, 2.05) is 0 Å². The second-order valence-corrected chi connectivity index (χ2v) is 3.17. The summed E-state index contributed by atoms with van der Waals surface area (Å²) < 4.78 is 0. The van der Waals surface area contributed by atoms with Gasteiger partial charge in [0.15, 0.2) is 6.73 Å². The molecule has 4 heteroatoms. The van der Waals surface area contributed by atoms with Gasteiger partial charge in [0.2, 0.25) is 0 Å². The lowest BCUT2D eigenvalue weighted by Crippen LogP contribution is -2.27. The topological polar surface area (TPSA) is 36.9 Å². The van der Waals surface area contributed by atoms with E-state index in [0.29, 0.717) is 12.6 Å². The van der Waals surface area contributed by atoms with Crippen molar-refractivity contribution in [2.24, 2.45) is 10.9 Å². The molecular formula is C7H13N3O. The van der Waals surface area contributed by atoms with E-state index in [2.05, 4.69) is 22.4 Å². The Balaban J connectivity index is 1.95. The van der Waals surface area contributed by atoms with Crippen LogP contribution >= 0.6 is 0 Å². The number of nitrogens with one attached hydrogen (secondary N) is 1. The zero-order valence-corrected chi connectivity index (χ0v) is 6.71. The Bertz CT molecular complexity index is 181. The number of hydroxylamine groups is 1. The summed E-state index contributed by atoms with van der Waals surface area (Å²) in [5.74, 6) is 1.61. The van der Waals surface area contributed by atoms with E-state index in [1.165, 1.54) is 13.0 Å². The number of likely N-dealkylation sites (tertiary alicyclic amines) is 1. The highest BCUT2D eigenvalue weighted by Crippen LogP contribution is 2.16. The van der Waals surface area contributed by atoms with Crippen molar-refractivity contribution in [1.82, 2.24) is 10.4 Å². The van der Waals surface area contributed by atoms with Gasteiger partial charge in [-0.05, 0) is 20.0 Å². The third-order valence-corrected chi connectivity index (χ3v) is 2.25. The van der Waals surface area contributed by atoms with E-state index >= 15 is 0 Å². The molecule has 1 N–H and O–H groups in total. The molecule has 2 rings (SSSR count). The third-order valence-electron chi connectivity index (χ3n) is 2.25. The highest BCUT2D eigenvalue weighted by atomic mass is 16.7. The molecule has 2 heterocycles. The third kappa shape index (κ3) is 1.36. The van der Waals surface area contributed by atoms with Crippen LogP contribution in [-0.4, -0.2) is 37.6 Å². The standard InChI is InChI=1S/C7H13N3O/c1-10-3-2-6(4-10)7-8-5-11-9-7/h6H,2-5H2,1H3,(H,8,9)/t6-/m1/s1. The summed E-state index contributed by atoms with van der Waals surface area (Å²) in [5, 5.41) is 0. The van der Waals surface area contributed by atoms with Crippen molar-refractivity contribution in [3.8, 4) is 0 Å². The summed E-state index contributed by atoms with van der Waals surface area (Å²) in [6.45, 7) is 2.76. The van der Waals surface area contributed by atoms with E-state index < -0.39 is 0 Å². The van der Waals surface area contributed by atoms with Gasteiger partial charge in [-0.25, -0.2) is 4.99 Å². The van der Waals surface area contributed by atoms with Gasteiger partial charge in [0.25, 0.3) is 0 Å². The van der Waals surface area contributed by atoms with Gasteiger partial charge in [-0.15, -0.1) is 0 Å². The molecular weight excluding hydrogens is 142 g/mol. The van der Waals surface area contributed by atoms with Crippen LogP contribution < -0.4 is 5.48 Å². The lowest BCUT2D eigenvalue weighted by atomic mass is 10.1. The Morgan fingerprint density at radius 3 is 3.18 bits per heavy atom. The Morgan fingerprint density at radius 1 is 1.73 bits per heavy atom. The highest BCUT2D eigenvalue weighted by molar-refractivity contribution is 5.84. The van der Waals surface area contributed by atoms with Crippen molar-refractivity contribution in [3.63, 3.8) is 0 Å². The summed E-state index contributed by atoms with van der Waals surface area (Å²) >= 11 is 0. The molecule has 0 bridgehead atoms. The number of rotatable bonds is 1. The number of hydrogen-bond donors (Lipinski definition) is 1. The monoisotopic (exact) mass is 155 g/mol. The molecule has 4 nitrogen and oxygen atoms in total. The van der Waals surface area contributed by atoms with Crippen LogP contribution in [0.3, 0.4) is 0 Å². The molecule has 11 heavy (non-hydrogen) atoms. The van der Waals surface area contributed by atoms with Crippen LogP contribution in [0.1, 0.15) is 6.42 Å². The molecule has 0 aromatic heterocycles. The van der Waals surface area contributed by atoms with E-state index in [4.69, 9.17) is 4.84 Å². The van der Waals surface area contributed by atoms with Crippen molar-refractivity contribution in [2.45, 2.75) is 6.42 Å². The maximum Gasteiger partial charge on any atom is 0.166 e. The van der Waals surface area contributed by atoms with Gasteiger partial charge in [0.05, 0.1) is 0 Å². The van der Waals surface area contributed by atoms with Crippen LogP contribution in [0.2, 0.25) is 0 Å². The van der Waals surface area contributed by atoms with Crippen LogP contribution in [0.15, 0.2) is 4.99 Å². The molecule has 1 fully saturated rings. The average molecular weight is 155 g/mol. The van der Waals surface area contributed by atoms with Crippen molar-refractivity contribution < 1.29 is 4.84 Å². The fourth-order valence-corrected chi connectivity index (χ4v) is 1.61. The van der Waals surface area contributed by atoms with E-state index in [-0.39, 0.29) is 0 Å². The largest absolute Gasteiger partial charge is 0.306 e. The molecule has 0 amide bonds. The molecule has 0 aromatic carbocycles. The lowest BCUT2D eigenvalue weighted by Gasteiger charge is -2.09. The molecule has 1 saturated heterocycles. The van der Waals surface area contributed by atoms with Crippen LogP contribution in [0.4, 0.5) is 0 Å². The zero-order valence-electron chi connectivity index (χ0n) is 6.71. The van der Waals surface area contributed by atoms with Gasteiger partial charge in [-0.2, -0.15) is 0 Å². The molecule has 2 aliphatic heterocycles. The van der Waals surface area contributed by atoms with Gasteiger partial charge in [-0.3, -0.25) is 10.3 Å². The average Bonchev–Trinajstić information content (AvgIpc) is 2.55. The molecule has 0 aromatic rings. The van der Waals surface area contributed by atoms with Crippen molar-refractivity contribution in [1.29, 1.82) is 0 Å². The predicted molar refractivity (Wildman–Crippen MR) is 42.1 cm³/mol. The molecule has 0 unspecified atom stereocenters. The first-order valence-electron chi connectivity index (χ1n) is 3.97. The van der Waals surface area contributed by atoms with Gasteiger partial charge in [0, 0.05) is 12.5 Å². The van der Waals surface area contributed by atoms with Crippen LogP contribution in [0, 0.1) is 5.92 Å². The van der Waals surface area contributed by atoms with Crippen LogP contribution in [0.25, 0.3) is 0 Å². The molecule has 2 aliphatic rings. The smallest absolute Gasteiger partial charge is 0.166 e. The maximum atomic E-state index is 4.93. The summed E-state index contributed by atoms with van der Waals surface area (Å²) in [4.78, 5) is 11.5. The van der Waals surface area contributed by atoms with Crippen molar-refractivity contribution >= 4 is 5.84 Å². The molecule has 0 aliphatic carbocycles. The quantitative estimate of drug-likeness (QED) is 0.571. The number of nitrogens with zero attached hydrogens (tertiary/aromatic N) is 2. The molecule has 62 valence electrons. The first-order chi connectivity index (χ1) is 5.36. The minimum absolute atomic E-state index is 0.482. The summed E-state index contributed by atoms with van der Waals surface area (Å²) in [7, 11) is 2.14. The van der Waals surface area contributed by atoms with E-state index in [9.17, 15) is 0 Å². The van der Waals surface area contributed by atoms with Gasteiger partial charge < -0.3 is 4.90 Å². The minimum Gasteiger partial charge on any atom is -0.306 e. The number of hydrogen-bond acceptors (Lipinski definition) is 4. The Hall–Kier alpha value is -0.610. The second kappa shape index (κ2) is 2.79. The molecule has 0 radical (unpaired) electrons. The van der Waals surface area contributed by atoms with E-state index in [0.717, 1.165) is 12.4 Å². The summed E-state index contributed by atoms with van der Waals surface area (Å²) in [6, 6.07) is 0. The molecule has 0 spiro atoms. The number of amidine groups is 1. The first kappa shape index (κ1) is 7.06. The van der Waals surface area contributed by atoms with Gasteiger partial charge >= 0.3 is 0 Å². The zero-order chi connectivity index (χ0) is 7.68. The fourth-order valence-electron chi connectivity index (χ4n) is 1.61. The highest BCUT2D eigenvalue weighted by Gasteiger charge is 2.25. The van der Waals surface area contributed by atoms with Crippen molar-refractivity contribution in [2.75, 3.05) is 26.9 Å². The van der Waals surface area contributed by atoms with Gasteiger partial charge in [-0.1, -0.05) is 0 Å². The normalized spacial score (nSPS) is 32.1. The Kier molecular flexibility index (Phi) is 1.79. The lowest BCUT2D eigenvalue weighted by molar-refractivity contribution is 0.112. The SMILES string of the molecule is CN1CC[C@@H](C2=NCON2)C1. The Morgan fingerprint density at radius 2 is 2.64 bits per heavy atom. The predicted octanol–water partition coefficient (Wildman–Crippen LogP) is -0.171. The maximum absolute atomic E-state index is 4.93. The Labute approximate surface area is 66.2 Å². The summed E-state index contributed by atoms with van der Waals surface area (Å²) in [5.41, 5.74) is 2.84. The molecule has 0 saturated carbocycles. The summed E-state index contributed by atoms with van der Waals surface area (Å²) in [6.07, 6.45) is 1.20.